The highest BCUT2D eigenvalue weighted by molar-refractivity contribution is 7.18. The van der Waals surface area contributed by atoms with Gasteiger partial charge in [0.2, 0.25) is 0 Å². The molecule has 0 amide bonds. The Morgan fingerprint density at radius 3 is 1.31 bits per heavy atom. The molecule has 4 rings (SSSR count). The summed E-state index contributed by atoms with van der Waals surface area (Å²) in [6.45, 7) is 9.02. The zero-order chi connectivity index (χ0) is 30.2. The van der Waals surface area contributed by atoms with Gasteiger partial charge in [0.05, 0.1) is 9.06 Å². The number of fused-ring (bicyclic) bond motifs is 3. The molecule has 0 radical (unpaired) electrons. The van der Waals surface area contributed by atoms with Crippen molar-refractivity contribution in [3.8, 4) is 24.3 Å². The lowest BCUT2D eigenvalue weighted by Crippen LogP contribution is -2.06. The number of nitriles is 4. The molecule has 0 N–H and O–H groups in total. The summed E-state index contributed by atoms with van der Waals surface area (Å²) in [5.74, 6) is 1.09. The first-order valence-electron chi connectivity index (χ1n) is 15.3. The maximum absolute atomic E-state index is 9.65. The Balaban J connectivity index is 2.15. The minimum atomic E-state index is 0.164. The van der Waals surface area contributed by atoms with Crippen molar-refractivity contribution in [2.45, 2.75) is 91.9 Å². The number of hydrogen-bond acceptors (Lipinski definition) is 6. The smallest absolute Gasteiger partial charge is 0.146 e. The molecule has 0 aliphatic rings. The van der Waals surface area contributed by atoms with Crippen LogP contribution in [-0.2, 0) is 12.8 Å². The third-order valence-corrected chi connectivity index (χ3v) is 11.1. The molecule has 2 unspecified atom stereocenters. The molecule has 2 aromatic heterocycles. The van der Waals surface area contributed by atoms with E-state index in [1.54, 1.807) is 22.7 Å². The number of rotatable bonds is 12. The maximum Gasteiger partial charge on any atom is 0.146 e. The van der Waals surface area contributed by atoms with Crippen LogP contribution in [0.25, 0.3) is 42.1 Å². The van der Waals surface area contributed by atoms with Crippen molar-refractivity contribution in [3.63, 3.8) is 0 Å². The van der Waals surface area contributed by atoms with Gasteiger partial charge in [-0.15, -0.1) is 22.7 Å². The molecule has 4 aromatic rings. The minimum absolute atomic E-state index is 0.164. The Morgan fingerprint density at radius 2 is 1.00 bits per heavy atom. The number of unbranched alkanes of at least 4 members (excludes halogenated alkanes) is 2. The third kappa shape index (κ3) is 6.37. The average Bonchev–Trinajstić information content (AvgIpc) is 3.62. The summed E-state index contributed by atoms with van der Waals surface area (Å²) in [4.78, 5) is 0. The van der Waals surface area contributed by atoms with Gasteiger partial charge in [0.1, 0.15) is 35.4 Å². The summed E-state index contributed by atoms with van der Waals surface area (Å²) in [6.07, 6.45) is 11.2. The van der Waals surface area contributed by atoms with E-state index in [4.69, 9.17) is 0 Å². The summed E-state index contributed by atoms with van der Waals surface area (Å²) >= 11 is 3.12. The number of thiophene rings is 2. The van der Waals surface area contributed by atoms with E-state index in [-0.39, 0.29) is 11.1 Å². The van der Waals surface area contributed by atoms with E-state index in [9.17, 15) is 21.0 Å². The van der Waals surface area contributed by atoms with Gasteiger partial charge in [0.25, 0.3) is 0 Å². The Hall–Kier alpha value is -3.68. The van der Waals surface area contributed by atoms with Crippen LogP contribution in [-0.4, -0.2) is 0 Å². The lowest BCUT2D eigenvalue weighted by Gasteiger charge is -2.20. The topological polar surface area (TPSA) is 95.2 Å². The molecule has 6 heteroatoms. The molecule has 2 atom stereocenters. The zero-order valence-corrected chi connectivity index (χ0v) is 26.8. The van der Waals surface area contributed by atoms with Crippen molar-refractivity contribution < 1.29 is 0 Å². The van der Waals surface area contributed by atoms with Gasteiger partial charge in [-0.1, -0.05) is 79.1 Å². The van der Waals surface area contributed by atoms with Crippen LogP contribution in [0.2, 0.25) is 0 Å². The molecular weight excluding hydrogens is 553 g/mol. The third-order valence-electron chi connectivity index (χ3n) is 8.62. The number of benzene rings is 2. The molecule has 0 bridgehead atoms. The van der Waals surface area contributed by atoms with Gasteiger partial charge < -0.3 is 0 Å². The predicted octanol–water partition coefficient (Wildman–Crippen LogP) is 9.18. The van der Waals surface area contributed by atoms with E-state index in [1.165, 1.54) is 60.4 Å². The van der Waals surface area contributed by atoms with Crippen molar-refractivity contribution in [1.82, 2.24) is 0 Å². The van der Waals surface area contributed by atoms with Gasteiger partial charge in [-0.2, -0.15) is 21.0 Å². The van der Waals surface area contributed by atoms with Gasteiger partial charge in [-0.05, 0) is 81.6 Å². The van der Waals surface area contributed by atoms with Gasteiger partial charge in [-0.3, -0.25) is 0 Å². The van der Waals surface area contributed by atoms with Crippen molar-refractivity contribution in [2.75, 3.05) is 0 Å². The van der Waals surface area contributed by atoms with Crippen molar-refractivity contribution in [2.24, 2.45) is 11.8 Å². The number of nitrogens with zero attached hydrogens (tertiary/aromatic N) is 4. The second-order valence-corrected chi connectivity index (χ2v) is 13.4. The van der Waals surface area contributed by atoms with Crippen LogP contribution in [0, 0.1) is 57.2 Å². The molecule has 2 aromatic carbocycles. The molecule has 0 spiro atoms. The quantitative estimate of drug-likeness (QED) is 0.164. The SMILES string of the molecule is CCCCC(CC)Cc1c2cc3cc(=C(C#N)C#N)sc3c(CC(CC)CCCC)c2cc2cc(=C(C#N)C#N)sc12. The fourth-order valence-electron chi connectivity index (χ4n) is 6.09. The summed E-state index contributed by atoms with van der Waals surface area (Å²) in [5.41, 5.74) is 2.94. The molecule has 2 heterocycles. The summed E-state index contributed by atoms with van der Waals surface area (Å²) in [6, 6.07) is 17.0. The fourth-order valence-corrected chi connectivity index (χ4v) is 8.40. The van der Waals surface area contributed by atoms with E-state index < -0.39 is 0 Å². The lowest BCUT2D eigenvalue weighted by molar-refractivity contribution is 0.450. The van der Waals surface area contributed by atoms with E-state index >= 15 is 0 Å². The van der Waals surface area contributed by atoms with Gasteiger partial charge in [0, 0.05) is 9.40 Å². The lowest BCUT2D eigenvalue weighted by atomic mass is 9.85. The van der Waals surface area contributed by atoms with Crippen molar-refractivity contribution >= 4 is 64.8 Å². The Labute approximate surface area is 257 Å². The monoisotopic (exact) mass is 590 g/mol. The van der Waals surface area contributed by atoms with Crippen LogP contribution in [0.1, 0.15) is 90.2 Å². The molecular formula is C36H38N4S2. The Morgan fingerprint density at radius 1 is 0.619 bits per heavy atom. The van der Waals surface area contributed by atoms with Crippen LogP contribution in [0.5, 0.6) is 0 Å². The average molecular weight is 591 g/mol. The van der Waals surface area contributed by atoms with Crippen LogP contribution >= 0.6 is 22.7 Å². The van der Waals surface area contributed by atoms with Crippen LogP contribution in [0.4, 0.5) is 0 Å². The standard InChI is InChI=1S/C36H38N4S2/c1-5-9-11-23(7-3)13-31-29-15-26-18-34(28(21-39)22-40)42-36(26)32(14-24(8-4)12-10-6-2)30(29)16-25-17-33(41-35(25)31)27(19-37)20-38/h15-18,23-24H,5-14H2,1-4H3. The van der Waals surface area contributed by atoms with E-state index in [2.05, 4.69) is 64.1 Å². The fraction of sp³-hybridized carbons (Fsp3) is 0.444. The summed E-state index contributed by atoms with van der Waals surface area (Å²) in [7, 11) is 0. The van der Waals surface area contributed by atoms with Crippen molar-refractivity contribution in [1.29, 1.82) is 21.0 Å². The molecule has 214 valence electrons. The molecule has 0 aliphatic heterocycles. The van der Waals surface area contributed by atoms with Gasteiger partial charge >= 0.3 is 0 Å². The van der Waals surface area contributed by atoms with Gasteiger partial charge in [0.15, 0.2) is 0 Å². The molecule has 4 nitrogen and oxygen atoms in total. The molecule has 0 saturated heterocycles. The number of hydrogen-bond donors (Lipinski definition) is 0. The normalized spacial score (nSPS) is 12.5. The zero-order valence-electron chi connectivity index (χ0n) is 25.1. The van der Waals surface area contributed by atoms with E-state index in [0.717, 1.165) is 54.9 Å². The van der Waals surface area contributed by atoms with Crippen LogP contribution in [0.15, 0.2) is 24.3 Å². The highest BCUT2D eigenvalue weighted by atomic mass is 32.1. The Kier molecular flexibility index (Phi) is 10.8. The molecule has 0 fully saturated rings. The summed E-state index contributed by atoms with van der Waals surface area (Å²) in [5, 5.41) is 43.2. The maximum atomic E-state index is 9.65. The Bertz CT molecular complexity index is 1720. The molecule has 0 aliphatic carbocycles. The van der Waals surface area contributed by atoms with Gasteiger partial charge in [-0.25, -0.2) is 0 Å². The predicted molar refractivity (Wildman–Crippen MR) is 177 cm³/mol. The molecule has 0 saturated carbocycles. The first-order chi connectivity index (χ1) is 20.5. The van der Waals surface area contributed by atoms with Crippen molar-refractivity contribution in [3.05, 3.63) is 44.5 Å². The van der Waals surface area contributed by atoms with E-state index in [1.807, 2.05) is 12.1 Å². The summed E-state index contributed by atoms with van der Waals surface area (Å²) < 4.78 is 3.79. The first kappa shape index (κ1) is 31.3. The second kappa shape index (κ2) is 14.5. The highest BCUT2D eigenvalue weighted by Crippen LogP contribution is 2.40. The molecule has 42 heavy (non-hydrogen) atoms. The van der Waals surface area contributed by atoms with Crippen LogP contribution in [0.3, 0.4) is 0 Å². The largest absolute Gasteiger partial charge is 0.192 e. The minimum Gasteiger partial charge on any atom is -0.192 e. The highest BCUT2D eigenvalue weighted by Gasteiger charge is 2.21. The van der Waals surface area contributed by atoms with Crippen LogP contribution < -0.4 is 9.06 Å². The second-order valence-electron chi connectivity index (χ2n) is 11.3. The first-order valence-corrected chi connectivity index (χ1v) is 16.9. The van der Waals surface area contributed by atoms with E-state index in [0.29, 0.717) is 11.8 Å².